The molecule has 2 nitrogen and oxygen atoms in total. The summed E-state index contributed by atoms with van der Waals surface area (Å²) in [5.41, 5.74) is 1.34. The highest BCUT2D eigenvalue weighted by atomic mass is 32.1. The molecule has 1 aromatic rings. The van der Waals surface area contributed by atoms with Crippen molar-refractivity contribution >= 4 is 17.2 Å². The summed E-state index contributed by atoms with van der Waals surface area (Å²) in [7, 11) is 0. The Morgan fingerprint density at radius 3 is 2.82 bits per heavy atom. The molecule has 1 aromatic heterocycles. The summed E-state index contributed by atoms with van der Waals surface area (Å²) in [4.78, 5) is 15.8. The third kappa shape index (κ3) is 1.55. The number of rotatable bonds is 2. The van der Waals surface area contributed by atoms with E-state index in [4.69, 9.17) is 0 Å². The zero-order valence-electron chi connectivity index (χ0n) is 9.89. The summed E-state index contributed by atoms with van der Waals surface area (Å²) in [6, 6.07) is 2.73. The van der Waals surface area contributed by atoms with Gasteiger partial charge in [0.25, 0.3) is 5.91 Å². The van der Waals surface area contributed by atoms with Gasteiger partial charge in [0.1, 0.15) is 0 Å². The molecule has 2 aliphatic carbocycles. The zero-order valence-corrected chi connectivity index (χ0v) is 10.7. The quantitative estimate of drug-likeness (QED) is 0.785. The highest BCUT2D eigenvalue weighted by molar-refractivity contribution is 7.12. The Morgan fingerprint density at radius 2 is 2.18 bits per heavy atom. The van der Waals surface area contributed by atoms with Crippen molar-refractivity contribution in [3.63, 3.8) is 0 Å². The normalized spacial score (nSPS) is 31.2. The predicted molar refractivity (Wildman–Crippen MR) is 68.5 cm³/mol. The van der Waals surface area contributed by atoms with Crippen LogP contribution in [0.1, 0.15) is 53.3 Å². The Kier molecular flexibility index (Phi) is 2.13. The van der Waals surface area contributed by atoms with Crippen LogP contribution < -0.4 is 0 Å². The van der Waals surface area contributed by atoms with Crippen molar-refractivity contribution in [3.8, 4) is 0 Å². The number of carbonyl (C=O) groups excluding carboxylic acids is 1. The molecule has 2 atom stereocenters. The van der Waals surface area contributed by atoms with Crippen LogP contribution in [0, 0.1) is 5.92 Å². The average molecular weight is 247 g/mol. The van der Waals surface area contributed by atoms with Gasteiger partial charge in [-0.15, -0.1) is 11.3 Å². The monoisotopic (exact) mass is 247 g/mol. The molecule has 17 heavy (non-hydrogen) atoms. The van der Waals surface area contributed by atoms with E-state index >= 15 is 0 Å². The van der Waals surface area contributed by atoms with Crippen LogP contribution in [0.15, 0.2) is 11.4 Å². The fourth-order valence-electron chi connectivity index (χ4n) is 3.51. The van der Waals surface area contributed by atoms with E-state index in [0.29, 0.717) is 17.9 Å². The van der Waals surface area contributed by atoms with Crippen LogP contribution in [0.2, 0.25) is 0 Å². The molecule has 90 valence electrons. The van der Waals surface area contributed by atoms with E-state index in [1.54, 1.807) is 11.3 Å². The standard InChI is InChI=1S/C14H17NOS/c16-14(15-8-9-1-4-11(15)7-9)13-12(5-6-17-13)10-2-3-10/h5-6,9-11H,1-4,7-8H2. The van der Waals surface area contributed by atoms with Crippen LogP contribution >= 0.6 is 11.3 Å². The summed E-state index contributed by atoms with van der Waals surface area (Å²) in [5, 5.41) is 2.09. The minimum absolute atomic E-state index is 0.328. The van der Waals surface area contributed by atoms with Gasteiger partial charge < -0.3 is 4.90 Å². The lowest BCUT2D eigenvalue weighted by atomic mass is 10.1. The molecule has 0 spiro atoms. The second kappa shape index (κ2) is 3.58. The number of fused-ring (bicyclic) bond motifs is 2. The fourth-order valence-corrected chi connectivity index (χ4v) is 4.45. The number of nitrogens with zero attached hydrogens (tertiary/aromatic N) is 1. The fraction of sp³-hybridized carbons (Fsp3) is 0.643. The van der Waals surface area contributed by atoms with Crippen molar-refractivity contribution < 1.29 is 4.79 Å². The van der Waals surface area contributed by atoms with Crippen LogP contribution in [0.25, 0.3) is 0 Å². The van der Waals surface area contributed by atoms with E-state index in [0.717, 1.165) is 17.3 Å². The topological polar surface area (TPSA) is 20.3 Å². The lowest BCUT2D eigenvalue weighted by Gasteiger charge is -2.27. The maximum atomic E-state index is 12.6. The maximum absolute atomic E-state index is 12.6. The summed E-state index contributed by atoms with van der Waals surface area (Å²) < 4.78 is 0. The second-order valence-electron chi connectivity index (χ2n) is 5.77. The van der Waals surface area contributed by atoms with Gasteiger partial charge in [-0.25, -0.2) is 0 Å². The summed E-state index contributed by atoms with van der Waals surface area (Å²) >= 11 is 1.65. The van der Waals surface area contributed by atoms with Gasteiger partial charge >= 0.3 is 0 Å². The highest BCUT2D eigenvalue weighted by Gasteiger charge is 2.41. The minimum atomic E-state index is 0.328. The van der Waals surface area contributed by atoms with Gasteiger partial charge in [-0.2, -0.15) is 0 Å². The molecule has 0 aromatic carbocycles. The molecule has 0 radical (unpaired) electrons. The molecule has 2 bridgehead atoms. The first kappa shape index (κ1) is 10.1. The summed E-state index contributed by atoms with van der Waals surface area (Å²) in [5.74, 6) is 1.82. The molecular weight excluding hydrogens is 230 g/mol. The van der Waals surface area contributed by atoms with E-state index in [1.807, 2.05) is 0 Å². The summed E-state index contributed by atoms with van der Waals surface area (Å²) in [6.07, 6.45) is 6.40. The van der Waals surface area contributed by atoms with Crippen LogP contribution in [0.5, 0.6) is 0 Å². The highest BCUT2D eigenvalue weighted by Crippen LogP contribution is 2.45. The number of amides is 1. The Bertz CT molecular complexity index is 463. The van der Waals surface area contributed by atoms with E-state index in [9.17, 15) is 4.79 Å². The lowest BCUT2D eigenvalue weighted by molar-refractivity contribution is 0.0707. The predicted octanol–water partition coefficient (Wildman–Crippen LogP) is 3.25. The Hall–Kier alpha value is -0.830. The minimum Gasteiger partial charge on any atom is -0.335 e. The maximum Gasteiger partial charge on any atom is 0.264 e. The first-order valence-corrected chi connectivity index (χ1v) is 7.59. The van der Waals surface area contributed by atoms with Crippen molar-refractivity contribution in [2.75, 3.05) is 6.54 Å². The molecule has 2 heterocycles. The van der Waals surface area contributed by atoms with E-state index in [2.05, 4.69) is 16.3 Å². The number of carbonyl (C=O) groups is 1. The second-order valence-corrected chi connectivity index (χ2v) is 6.69. The largest absolute Gasteiger partial charge is 0.335 e. The van der Waals surface area contributed by atoms with Gasteiger partial charge in [-0.05, 0) is 60.9 Å². The molecule has 2 unspecified atom stereocenters. The van der Waals surface area contributed by atoms with Crippen molar-refractivity contribution in [2.24, 2.45) is 5.92 Å². The van der Waals surface area contributed by atoms with Crippen molar-refractivity contribution in [1.29, 1.82) is 0 Å². The Balaban J connectivity index is 1.61. The molecule has 1 aliphatic heterocycles. The average Bonchev–Trinajstić information content (AvgIpc) is 2.84. The van der Waals surface area contributed by atoms with Gasteiger partial charge in [-0.1, -0.05) is 0 Å². The first-order chi connectivity index (χ1) is 8.33. The number of thiophene rings is 1. The van der Waals surface area contributed by atoms with Gasteiger partial charge in [0.05, 0.1) is 4.88 Å². The molecule has 3 heteroatoms. The molecule has 0 N–H and O–H groups in total. The Morgan fingerprint density at radius 1 is 1.29 bits per heavy atom. The third-order valence-corrected chi connectivity index (χ3v) is 5.50. The molecular formula is C14H17NOS. The van der Waals surface area contributed by atoms with Crippen molar-refractivity contribution in [3.05, 3.63) is 21.9 Å². The van der Waals surface area contributed by atoms with Gasteiger partial charge in [-0.3, -0.25) is 4.79 Å². The molecule has 3 aliphatic rings. The zero-order chi connectivity index (χ0) is 11.4. The summed E-state index contributed by atoms with van der Waals surface area (Å²) in [6.45, 7) is 1.02. The van der Waals surface area contributed by atoms with Crippen LogP contribution in [-0.2, 0) is 0 Å². The molecule has 4 rings (SSSR count). The van der Waals surface area contributed by atoms with E-state index in [-0.39, 0.29) is 0 Å². The van der Waals surface area contributed by atoms with Crippen LogP contribution in [-0.4, -0.2) is 23.4 Å². The number of piperidine rings is 1. The SMILES string of the molecule is O=C(c1sccc1C1CC1)N1CC2CCC1C2. The van der Waals surface area contributed by atoms with Crippen LogP contribution in [0.4, 0.5) is 0 Å². The van der Waals surface area contributed by atoms with E-state index < -0.39 is 0 Å². The molecule has 3 fully saturated rings. The van der Waals surface area contributed by atoms with E-state index in [1.165, 1.54) is 37.7 Å². The molecule has 1 amide bonds. The first-order valence-electron chi connectivity index (χ1n) is 6.71. The molecule has 2 saturated carbocycles. The van der Waals surface area contributed by atoms with Gasteiger partial charge in [0.2, 0.25) is 0 Å². The van der Waals surface area contributed by atoms with Gasteiger partial charge in [0.15, 0.2) is 0 Å². The van der Waals surface area contributed by atoms with Crippen LogP contribution in [0.3, 0.4) is 0 Å². The molecule has 1 saturated heterocycles. The third-order valence-electron chi connectivity index (χ3n) is 4.58. The van der Waals surface area contributed by atoms with Crippen molar-refractivity contribution in [2.45, 2.75) is 44.1 Å². The lowest BCUT2D eigenvalue weighted by Crippen LogP contribution is -2.37. The number of hydrogen-bond acceptors (Lipinski definition) is 2. The number of hydrogen-bond donors (Lipinski definition) is 0. The number of likely N-dealkylation sites (tertiary alicyclic amines) is 1. The smallest absolute Gasteiger partial charge is 0.264 e. The Labute approximate surface area is 106 Å². The van der Waals surface area contributed by atoms with Crippen molar-refractivity contribution in [1.82, 2.24) is 4.90 Å². The van der Waals surface area contributed by atoms with Gasteiger partial charge in [0, 0.05) is 12.6 Å².